The van der Waals surface area contributed by atoms with E-state index < -0.39 is 144 Å². The second-order valence-electron chi connectivity index (χ2n) is 19.9. The molecule has 0 fully saturated rings. The van der Waals surface area contributed by atoms with Crippen molar-refractivity contribution in [3.8, 4) is 23.0 Å². The van der Waals surface area contributed by atoms with Gasteiger partial charge in [0.1, 0.15) is 93.3 Å². The first-order chi connectivity index (χ1) is 39.7. The van der Waals surface area contributed by atoms with Crippen LogP contribution in [0.15, 0.2) is 134 Å². The van der Waals surface area contributed by atoms with Crippen molar-refractivity contribution in [2.24, 2.45) is 10.8 Å². The van der Waals surface area contributed by atoms with Crippen LogP contribution in [0.25, 0.3) is 43.9 Å². The van der Waals surface area contributed by atoms with Gasteiger partial charge in [-0.2, -0.15) is 0 Å². The summed E-state index contributed by atoms with van der Waals surface area (Å²) in [6.07, 6.45) is -3.45. The molecule has 0 unspecified atom stereocenters. The molecule has 0 aliphatic heterocycles. The van der Waals surface area contributed by atoms with Gasteiger partial charge in [-0.25, -0.2) is 28.0 Å². The molecule has 0 amide bonds. The number of carboxylic acids is 2. The van der Waals surface area contributed by atoms with E-state index in [1.807, 2.05) is 0 Å². The Labute approximate surface area is 470 Å². The van der Waals surface area contributed by atoms with Crippen LogP contribution < -0.4 is 40.7 Å². The van der Waals surface area contributed by atoms with Crippen LogP contribution in [0, 0.1) is 10.8 Å². The van der Waals surface area contributed by atoms with Crippen molar-refractivity contribution in [1.29, 1.82) is 0 Å². The monoisotopic (exact) mass is 1170 g/mol. The number of aromatic carboxylic acids is 2. The van der Waals surface area contributed by atoms with Gasteiger partial charge >= 0.3 is 35.8 Å². The molecule has 0 saturated heterocycles. The number of fused-ring (bicyclic) bond motifs is 4. The first-order valence-corrected chi connectivity index (χ1v) is 24.9. The first kappa shape index (κ1) is 61.2. The van der Waals surface area contributed by atoms with Gasteiger partial charge in [0.25, 0.3) is 0 Å². The molecule has 0 spiro atoms. The number of ether oxygens (including phenoxy) is 8. The predicted molar refractivity (Wildman–Crippen MR) is 287 cm³/mol. The summed E-state index contributed by atoms with van der Waals surface area (Å²) in [7, 11) is 0. The average molecular weight is 1170 g/mol. The van der Waals surface area contributed by atoms with Gasteiger partial charge in [-0.1, -0.05) is 24.3 Å². The van der Waals surface area contributed by atoms with Crippen molar-refractivity contribution in [2.75, 3.05) is 40.0 Å². The van der Waals surface area contributed by atoms with E-state index in [9.17, 15) is 56.7 Å². The summed E-state index contributed by atoms with van der Waals surface area (Å²) in [6.45, 7) is 6.18. The van der Waals surface area contributed by atoms with Crippen molar-refractivity contribution in [3.63, 3.8) is 0 Å². The lowest BCUT2D eigenvalue weighted by molar-refractivity contribution is -0.162. The van der Waals surface area contributed by atoms with Gasteiger partial charge in [0, 0.05) is 24.3 Å². The Morgan fingerprint density at radius 3 is 0.917 bits per heavy atom. The molecule has 4 aromatic carbocycles. The molecule has 0 saturated carbocycles. The summed E-state index contributed by atoms with van der Waals surface area (Å²) in [5, 5.41) is 17.8. The summed E-state index contributed by atoms with van der Waals surface area (Å²) >= 11 is 0. The fourth-order valence-electron chi connectivity index (χ4n) is 7.27. The van der Waals surface area contributed by atoms with Gasteiger partial charge in [-0.3, -0.25) is 28.8 Å². The summed E-state index contributed by atoms with van der Waals surface area (Å²) in [6, 6.07) is 20.4. The van der Waals surface area contributed by atoms with E-state index in [0.29, 0.717) is 0 Å². The lowest BCUT2D eigenvalue weighted by Crippen LogP contribution is -2.25. The number of alkyl halides is 2. The Morgan fingerprint density at radius 2 is 0.667 bits per heavy atom. The van der Waals surface area contributed by atoms with E-state index in [2.05, 4.69) is 0 Å². The van der Waals surface area contributed by atoms with Crippen LogP contribution in [-0.4, -0.2) is 98.4 Å². The zero-order chi connectivity index (χ0) is 61.2. The van der Waals surface area contributed by atoms with Gasteiger partial charge in [0.15, 0.2) is 34.1 Å². The third-order valence-electron chi connectivity index (χ3n) is 11.4. The Balaban J connectivity index is 0.000000259. The van der Waals surface area contributed by atoms with Crippen LogP contribution >= 0.6 is 0 Å². The van der Waals surface area contributed by atoms with Crippen LogP contribution in [0.2, 0.25) is 0 Å². The number of rotatable bonds is 20. The Hall–Kier alpha value is -10.4. The lowest BCUT2D eigenvalue weighted by Gasteiger charge is -2.16. The van der Waals surface area contributed by atoms with Crippen molar-refractivity contribution in [2.45, 2.75) is 53.9 Å². The highest BCUT2D eigenvalue weighted by molar-refractivity contribution is 5.93. The largest absolute Gasteiger partial charge is 0.489 e. The Bertz CT molecular complexity index is 3820. The molecule has 0 radical (unpaired) electrons. The Morgan fingerprint density at radius 1 is 0.417 bits per heavy atom. The van der Waals surface area contributed by atoms with E-state index in [0.717, 1.165) is 24.3 Å². The molecule has 0 bridgehead atoms. The summed E-state index contributed by atoms with van der Waals surface area (Å²) in [4.78, 5) is 121. The highest BCUT2D eigenvalue weighted by atomic mass is 19.1. The predicted octanol–water partition coefficient (Wildman–Crippen LogP) is 8.19. The zero-order valence-electron chi connectivity index (χ0n) is 45.3. The molecule has 0 aliphatic rings. The lowest BCUT2D eigenvalue weighted by atomic mass is 9.97. The number of carbonyl (C=O) groups excluding carboxylic acids is 4. The Kier molecular flexibility index (Phi) is 19.0. The third-order valence-corrected chi connectivity index (χ3v) is 11.4. The number of hydrogen-bond acceptors (Lipinski definition) is 22. The molecule has 440 valence electrons. The maximum Gasteiger partial charge on any atom is 0.377 e. The smallest absolute Gasteiger partial charge is 0.377 e. The fourth-order valence-corrected chi connectivity index (χ4v) is 7.27. The molecule has 24 nitrogen and oxygen atoms in total. The highest BCUT2D eigenvalue weighted by Gasteiger charge is 2.27. The number of carbonyl (C=O) groups is 6. The molecular weight excluding hydrogens is 1120 g/mol. The van der Waals surface area contributed by atoms with E-state index in [1.54, 1.807) is 41.5 Å². The molecule has 2 N–H and O–H groups in total. The van der Waals surface area contributed by atoms with E-state index >= 15 is 0 Å². The topological polar surface area (TPSA) is 338 Å². The number of benzene rings is 4. The van der Waals surface area contributed by atoms with Crippen LogP contribution in [0.4, 0.5) is 8.78 Å². The number of hydrogen-bond donors (Lipinski definition) is 2. The van der Waals surface area contributed by atoms with Gasteiger partial charge in [0.05, 0.1) is 10.8 Å². The van der Waals surface area contributed by atoms with Gasteiger partial charge in [0.2, 0.25) is 36.6 Å². The van der Waals surface area contributed by atoms with E-state index in [4.69, 9.17) is 65.8 Å². The number of halogens is 2. The van der Waals surface area contributed by atoms with Crippen molar-refractivity contribution < 1.29 is 103 Å². The minimum Gasteiger partial charge on any atom is -0.489 e. The van der Waals surface area contributed by atoms with Crippen LogP contribution in [0.1, 0.15) is 83.8 Å². The molecule has 84 heavy (non-hydrogen) atoms. The third kappa shape index (κ3) is 15.1. The summed E-state index contributed by atoms with van der Waals surface area (Å²) in [5.74, 6) is -8.15. The molecule has 8 aromatic rings. The molecule has 4 aromatic heterocycles. The van der Waals surface area contributed by atoms with Gasteiger partial charge in [-0.15, -0.1) is 0 Å². The number of esters is 4. The molecule has 0 aliphatic carbocycles. The quantitative estimate of drug-likeness (QED) is 0.0536. The summed E-state index contributed by atoms with van der Waals surface area (Å²) < 4.78 is 92.2. The molecule has 4 heterocycles. The van der Waals surface area contributed by atoms with E-state index in [-0.39, 0.29) is 66.9 Å². The standard InChI is InChI=1S/C35H35FO14.C23H15FO10/c1-34(2,3)32(41)47-17-45-30(39)26-13-20(37)28-22(9-7-11-24(28)49-26)43-15-19(36)16-44-23-10-8-12-25-29(23)21(38)14-27(50-25)31(40)46-18-48-33(42)35(4,5)6;24-11(9-31-14-3-1-5-16-20(14)12(25)7-18(33-16)22(27)28)10-32-15-4-2-6-17-21(15)13(26)8-19(34-17)23(29)30/h7-14,19H,15-18H2,1-6H3;1-8,11H,9-10H2,(H,27,28)(H,29,30). The second kappa shape index (κ2) is 26.0. The molecule has 8 rings (SSSR count). The maximum absolute atomic E-state index is 15.0. The van der Waals surface area contributed by atoms with Crippen molar-refractivity contribution in [3.05, 3.63) is 161 Å². The molecular formula is C58H50F2O24. The first-order valence-electron chi connectivity index (χ1n) is 24.9. The van der Waals surface area contributed by atoms with Gasteiger partial charge < -0.3 is 65.8 Å². The van der Waals surface area contributed by atoms with Gasteiger partial charge in [-0.05, 0) is 90.1 Å². The number of carboxylic acid groups (broad SMARTS) is 2. The zero-order valence-corrected chi connectivity index (χ0v) is 45.3. The second-order valence-corrected chi connectivity index (χ2v) is 19.9. The van der Waals surface area contributed by atoms with Crippen LogP contribution in [0.3, 0.4) is 0 Å². The average Bonchev–Trinajstić information content (AvgIpc) is 3.12. The minimum atomic E-state index is -1.75. The van der Waals surface area contributed by atoms with Crippen LogP contribution in [0.5, 0.6) is 23.0 Å². The maximum atomic E-state index is 15.0. The minimum absolute atomic E-state index is 0.00200. The van der Waals surface area contributed by atoms with E-state index in [1.165, 1.54) is 72.8 Å². The highest BCUT2D eigenvalue weighted by Crippen LogP contribution is 2.29. The molecule has 26 heteroatoms. The fraction of sp³-hybridized carbons (Fsp3) is 0.276. The van der Waals surface area contributed by atoms with Crippen LogP contribution in [-0.2, 0) is 28.5 Å². The SMILES string of the molecule is CC(C)(C)C(=O)OCOC(=O)c1cc(=O)c2c(OCC(F)COc3cccc4oc(C(=O)OCOC(=O)C(C)(C)C)cc(=O)c34)cccc2o1.O=C(O)c1cc(=O)c2c(OCC(F)COc3cccc4oc(C(=O)O)cc(=O)c34)cccc2o1. The molecule has 0 atom stereocenters. The van der Waals surface area contributed by atoms with Crippen molar-refractivity contribution in [1.82, 2.24) is 0 Å². The summed E-state index contributed by atoms with van der Waals surface area (Å²) in [5.41, 5.74) is -4.45. The normalized spacial score (nSPS) is 11.5. The van der Waals surface area contributed by atoms with Crippen molar-refractivity contribution >= 4 is 79.7 Å².